The minimum Gasteiger partial charge on any atom is -0.312 e. The molecular formula is C16H21BrN2S. The van der Waals surface area contributed by atoms with Crippen molar-refractivity contribution in [1.82, 2.24) is 10.3 Å². The van der Waals surface area contributed by atoms with Crippen LogP contribution < -0.4 is 5.32 Å². The number of nitrogens with zero attached hydrogens (tertiary/aromatic N) is 1. The number of aryl methyl sites for hydroxylation is 1. The fourth-order valence-corrected chi connectivity index (χ4v) is 3.73. The molecule has 1 heterocycles. The minimum absolute atomic E-state index is 0.922. The van der Waals surface area contributed by atoms with Gasteiger partial charge in [-0.1, -0.05) is 41.9 Å². The first kappa shape index (κ1) is 15.7. The Kier molecular flexibility index (Phi) is 6.20. The van der Waals surface area contributed by atoms with Crippen molar-refractivity contribution in [3.05, 3.63) is 49.9 Å². The van der Waals surface area contributed by atoms with Crippen LogP contribution in [0.1, 0.15) is 41.4 Å². The van der Waals surface area contributed by atoms with E-state index in [1.807, 2.05) is 11.3 Å². The normalized spacial score (nSPS) is 10.9. The lowest BCUT2D eigenvalue weighted by atomic mass is 10.2. The van der Waals surface area contributed by atoms with Crippen molar-refractivity contribution in [3.8, 4) is 0 Å². The largest absolute Gasteiger partial charge is 0.312 e. The van der Waals surface area contributed by atoms with E-state index in [9.17, 15) is 0 Å². The summed E-state index contributed by atoms with van der Waals surface area (Å²) in [6, 6.07) is 8.47. The van der Waals surface area contributed by atoms with Crippen LogP contribution in [0.25, 0.3) is 0 Å². The lowest BCUT2D eigenvalue weighted by Crippen LogP contribution is -2.13. The lowest BCUT2D eigenvalue weighted by Gasteiger charge is -2.01. The second-order valence-corrected chi connectivity index (χ2v) is 6.90. The fraction of sp³-hybridized carbons (Fsp3) is 0.438. The molecule has 1 aromatic carbocycles. The molecule has 0 saturated carbocycles. The van der Waals surface area contributed by atoms with Gasteiger partial charge in [0, 0.05) is 22.3 Å². The number of rotatable bonds is 7. The number of benzene rings is 1. The van der Waals surface area contributed by atoms with Gasteiger partial charge in [0.1, 0.15) is 0 Å². The molecule has 2 nitrogen and oxygen atoms in total. The molecule has 0 amide bonds. The summed E-state index contributed by atoms with van der Waals surface area (Å²) < 4.78 is 1.13. The van der Waals surface area contributed by atoms with Gasteiger partial charge < -0.3 is 5.32 Å². The molecule has 0 spiro atoms. The summed E-state index contributed by atoms with van der Waals surface area (Å²) in [6.45, 7) is 6.40. The van der Waals surface area contributed by atoms with E-state index < -0.39 is 0 Å². The summed E-state index contributed by atoms with van der Waals surface area (Å²) in [5.41, 5.74) is 2.56. The van der Waals surface area contributed by atoms with Crippen LogP contribution >= 0.6 is 27.3 Å². The highest BCUT2D eigenvalue weighted by atomic mass is 79.9. The van der Waals surface area contributed by atoms with Crippen molar-refractivity contribution in [2.75, 3.05) is 6.54 Å². The van der Waals surface area contributed by atoms with Crippen molar-refractivity contribution in [1.29, 1.82) is 0 Å². The SMILES string of the molecule is CCCNCc1sc(Cc2cccc(Br)c2)nc1CC. The standard InChI is InChI=1S/C16H21BrN2S/c1-3-8-18-11-15-14(4-2)19-16(20-15)10-12-6-5-7-13(17)9-12/h5-7,9,18H,3-4,8,10-11H2,1-2H3. The molecule has 0 fully saturated rings. The monoisotopic (exact) mass is 352 g/mol. The van der Waals surface area contributed by atoms with Gasteiger partial charge in [-0.15, -0.1) is 11.3 Å². The van der Waals surface area contributed by atoms with Crippen molar-refractivity contribution in [3.63, 3.8) is 0 Å². The number of aromatic nitrogens is 1. The van der Waals surface area contributed by atoms with Crippen molar-refractivity contribution < 1.29 is 0 Å². The molecule has 0 radical (unpaired) electrons. The summed E-state index contributed by atoms with van der Waals surface area (Å²) in [4.78, 5) is 6.19. The van der Waals surface area contributed by atoms with Gasteiger partial charge >= 0.3 is 0 Å². The van der Waals surface area contributed by atoms with E-state index in [0.29, 0.717) is 0 Å². The molecule has 0 unspecified atom stereocenters. The Bertz CT molecular complexity index is 551. The molecule has 0 atom stereocenters. The molecule has 0 saturated heterocycles. The Morgan fingerprint density at radius 2 is 2.15 bits per heavy atom. The second-order valence-electron chi connectivity index (χ2n) is 4.81. The summed E-state index contributed by atoms with van der Waals surface area (Å²) >= 11 is 5.37. The topological polar surface area (TPSA) is 24.9 Å². The number of hydrogen-bond donors (Lipinski definition) is 1. The Hall–Kier alpha value is -0.710. The van der Waals surface area contributed by atoms with E-state index in [2.05, 4.69) is 59.4 Å². The Balaban J connectivity index is 2.08. The molecule has 2 rings (SSSR count). The number of halogens is 1. The summed E-state index contributed by atoms with van der Waals surface area (Å²) in [7, 11) is 0. The van der Waals surface area contributed by atoms with Gasteiger partial charge in [0.2, 0.25) is 0 Å². The zero-order valence-electron chi connectivity index (χ0n) is 12.1. The lowest BCUT2D eigenvalue weighted by molar-refractivity contribution is 0.676. The van der Waals surface area contributed by atoms with Crippen molar-refractivity contribution in [2.45, 2.75) is 39.7 Å². The predicted octanol–water partition coefficient (Wildman–Crippen LogP) is 4.56. The third-order valence-corrected chi connectivity index (χ3v) is 4.71. The Labute approximate surface area is 133 Å². The van der Waals surface area contributed by atoms with E-state index in [1.165, 1.54) is 27.6 Å². The first-order chi connectivity index (χ1) is 9.72. The quantitative estimate of drug-likeness (QED) is 0.738. The molecule has 108 valence electrons. The molecule has 1 N–H and O–H groups in total. The highest BCUT2D eigenvalue weighted by molar-refractivity contribution is 9.10. The summed E-state index contributed by atoms with van der Waals surface area (Å²) in [6.07, 6.45) is 3.11. The Morgan fingerprint density at radius 1 is 1.30 bits per heavy atom. The highest BCUT2D eigenvalue weighted by Crippen LogP contribution is 2.23. The molecule has 1 aromatic heterocycles. The predicted molar refractivity (Wildman–Crippen MR) is 90.4 cm³/mol. The molecule has 4 heteroatoms. The average Bonchev–Trinajstić information content (AvgIpc) is 2.81. The van der Waals surface area contributed by atoms with Gasteiger partial charge in [-0.25, -0.2) is 4.98 Å². The van der Waals surface area contributed by atoms with E-state index in [1.54, 1.807) is 0 Å². The van der Waals surface area contributed by atoms with E-state index >= 15 is 0 Å². The van der Waals surface area contributed by atoms with Crippen LogP contribution in [-0.4, -0.2) is 11.5 Å². The highest BCUT2D eigenvalue weighted by Gasteiger charge is 2.10. The van der Waals surface area contributed by atoms with Gasteiger partial charge in [-0.2, -0.15) is 0 Å². The molecule has 0 aliphatic heterocycles. The number of hydrogen-bond acceptors (Lipinski definition) is 3. The molecule has 0 aliphatic carbocycles. The third kappa shape index (κ3) is 4.40. The molecule has 0 bridgehead atoms. The first-order valence-corrected chi connectivity index (χ1v) is 8.76. The van der Waals surface area contributed by atoms with E-state index in [4.69, 9.17) is 4.98 Å². The van der Waals surface area contributed by atoms with Crippen LogP contribution in [-0.2, 0) is 19.4 Å². The zero-order valence-corrected chi connectivity index (χ0v) is 14.5. The molecule has 20 heavy (non-hydrogen) atoms. The van der Waals surface area contributed by atoms with E-state index in [-0.39, 0.29) is 0 Å². The van der Waals surface area contributed by atoms with Crippen LogP contribution in [0, 0.1) is 0 Å². The minimum atomic E-state index is 0.922. The van der Waals surface area contributed by atoms with Gasteiger partial charge in [-0.3, -0.25) is 0 Å². The molecule has 0 aliphatic rings. The zero-order chi connectivity index (χ0) is 14.4. The number of nitrogens with one attached hydrogen (secondary N) is 1. The average molecular weight is 353 g/mol. The smallest absolute Gasteiger partial charge is 0.0975 e. The second kappa shape index (κ2) is 7.91. The van der Waals surface area contributed by atoms with Gasteiger partial charge in [-0.05, 0) is 37.1 Å². The summed E-state index contributed by atoms with van der Waals surface area (Å²) in [5.74, 6) is 0. The van der Waals surface area contributed by atoms with Crippen LogP contribution in [0.4, 0.5) is 0 Å². The maximum atomic E-state index is 4.80. The fourth-order valence-electron chi connectivity index (χ4n) is 2.13. The maximum Gasteiger partial charge on any atom is 0.0975 e. The maximum absolute atomic E-state index is 4.80. The third-order valence-electron chi connectivity index (χ3n) is 3.11. The van der Waals surface area contributed by atoms with Gasteiger partial charge in [0.25, 0.3) is 0 Å². The van der Waals surface area contributed by atoms with Crippen LogP contribution in [0.2, 0.25) is 0 Å². The van der Waals surface area contributed by atoms with Gasteiger partial charge in [0.15, 0.2) is 0 Å². The van der Waals surface area contributed by atoms with Crippen molar-refractivity contribution >= 4 is 27.3 Å². The first-order valence-electron chi connectivity index (χ1n) is 7.15. The van der Waals surface area contributed by atoms with Gasteiger partial charge in [0.05, 0.1) is 10.7 Å². The van der Waals surface area contributed by atoms with Crippen LogP contribution in [0.3, 0.4) is 0 Å². The number of thiazole rings is 1. The molecular weight excluding hydrogens is 332 g/mol. The van der Waals surface area contributed by atoms with E-state index in [0.717, 1.165) is 30.4 Å². The van der Waals surface area contributed by atoms with Crippen molar-refractivity contribution in [2.24, 2.45) is 0 Å². The van der Waals surface area contributed by atoms with Crippen LogP contribution in [0.15, 0.2) is 28.7 Å². The van der Waals surface area contributed by atoms with Crippen LogP contribution in [0.5, 0.6) is 0 Å². The Morgan fingerprint density at radius 3 is 2.85 bits per heavy atom. The molecule has 2 aromatic rings. The summed E-state index contributed by atoms with van der Waals surface area (Å²) in [5, 5.41) is 4.69.